The van der Waals surface area contributed by atoms with Crippen LogP contribution in [0.2, 0.25) is 0 Å². The lowest BCUT2D eigenvalue weighted by Crippen LogP contribution is -2.34. The molecule has 0 amide bonds. The molecule has 0 aromatic heterocycles. The molecule has 0 aliphatic carbocycles. The van der Waals surface area contributed by atoms with Crippen LogP contribution in [0.1, 0.15) is 13.3 Å². The monoisotopic (exact) mass is 150 g/mol. The number of aliphatic hydroxyl groups is 3. The van der Waals surface area contributed by atoms with Gasteiger partial charge in [-0.1, -0.05) is 6.92 Å². The van der Waals surface area contributed by atoms with Gasteiger partial charge in [0, 0.05) is 6.42 Å². The lowest BCUT2D eigenvalue weighted by Gasteiger charge is -2.12. The molecule has 0 saturated carbocycles. The van der Waals surface area contributed by atoms with Crippen molar-refractivity contribution in [1.82, 2.24) is 0 Å². The first-order valence-electron chi connectivity index (χ1n) is 2.78. The Hall–Kier alpha value is -0.650. The van der Waals surface area contributed by atoms with Gasteiger partial charge in [-0.15, -0.1) is 0 Å². The predicted molar refractivity (Wildman–Crippen MR) is 30.6 cm³/mol. The first-order chi connectivity index (χ1) is 4.45. The fraction of sp³-hybridized carbons (Fsp3) is 0.800. The molecule has 10 heavy (non-hydrogen) atoms. The van der Waals surface area contributed by atoms with Crippen LogP contribution in [0.25, 0.3) is 0 Å². The van der Waals surface area contributed by atoms with Crippen LogP contribution in [0, 0.1) is 0 Å². The van der Waals surface area contributed by atoms with E-state index in [1.807, 2.05) is 0 Å². The van der Waals surface area contributed by atoms with Gasteiger partial charge in [0.2, 0.25) is 0 Å². The van der Waals surface area contributed by atoms with Crippen molar-refractivity contribution in [2.45, 2.75) is 19.3 Å². The van der Waals surface area contributed by atoms with Crippen molar-refractivity contribution in [2.24, 2.45) is 0 Å². The predicted octanol–water partition coefficient (Wildman–Crippen LogP) is -1.43. The summed E-state index contributed by atoms with van der Waals surface area (Å²) in [5, 5.41) is 24.6. The van der Waals surface area contributed by atoms with Gasteiger partial charge in [0.15, 0.2) is 6.61 Å². The molecule has 60 valence electrons. The van der Waals surface area contributed by atoms with Gasteiger partial charge >= 0.3 is 11.9 Å². The molecule has 0 aromatic carbocycles. The van der Waals surface area contributed by atoms with E-state index in [0.717, 1.165) is 0 Å². The summed E-state index contributed by atoms with van der Waals surface area (Å²) in [7, 11) is 0. The van der Waals surface area contributed by atoms with Crippen LogP contribution in [0.4, 0.5) is 0 Å². The third-order valence-electron chi connectivity index (χ3n) is 0.715. The molecular weight excluding hydrogens is 140 g/mol. The summed E-state index contributed by atoms with van der Waals surface area (Å²) >= 11 is 0. The van der Waals surface area contributed by atoms with Crippen LogP contribution in [0.5, 0.6) is 0 Å². The minimum Gasteiger partial charge on any atom is -0.457 e. The van der Waals surface area contributed by atoms with Crippen LogP contribution in [-0.2, 0) is 9.53 Å². The second kappa shape index (κ2) is 3.50. The van der Waals surface area contributed by atoms with E-state index < -0.39 is 18.5 Å². The molecule has 5 heteroatoms. The van der Waals surface area contributed by atoms with Gasteiger partial charge in [-0.3, -0.25) is 4.79 Å². The number of hydrogen-bond donors (Lipinski definition) is 3. The highest BCUT2D eigenvalue weighted by Gasteiger charge is 2.19. The van der Waals surface area contributed by atoms with Gasteiger partial charge < -0.3 is 20.1 Å². The fourth-order valence-corrected chi connectivity index (χ4v) is 0.279. The van der Waals surface area contributed by atoms with Crippen molar-refractivity contribution in [2.75, 3.05) is 6.61 Å². The Morgan fingerprint density at radius 3 is 2.30 bits per heavy atom. The topological polar surface area (TPSA) is 87.0 Å². The Morgan fingerprint density at radius 2 is 2.00 bits per heavy atom. The number of esters is 1. The highest BCUT2D eigenvalue weighted by molar-refractivity contribution is 5.68. The molecule has 0 radical (unpaired) electrons. The van der Waals surface area contributed by atoms with E-state index in [9.17, 15) is 4.79 Å². The zero-order valence-corrected chi connectivity index (χ0v) is 5.57. The summed E-state index contributed by atoms with van der Waals surface area (Å²) in [4.78, 5) is 10.3. The van der Waals surface area contributed by atoms with Crippen molar-refractivity contribution in [3.05, 3.63) is 0 Å². The zero-order valence-electron chi connectivity index (χ0n) is 5.57. The van der Waals surface area contributed by atoms with E-state index in [1.165, 1.54) is 0 Å². The van der Waals surface area contributed by atoms with Gasteiger partial charge in [0.05, 0.1) is 0 Å². The number of carbonyl (C=O) groups excluding carboxylic acids is 1. The normalized spacial score (nSPS) is 11.2. The summed E-state index contributed by atoms with van der Waals surface area (Å²) < 4.78 is 4.17. The van der Waals surface area contributed by atoms with Crippen LogP contribution in [0.15, 0.2) is 0 Å². The molecule has 0 spiro atoms. The van der Waals surface area contributed by atoms with Crippen LogP contribution >= 0.6 is 0 Å². The zero-order chi connectivity index (χ0) is 8.20. The van der Waals surface area contributed by atoms with Crippen molar-refractivity contribution in [3.8, 4) is 0 Å². The lowest BCUT2D eigenvalue weighted by atomic mass is 10.5. The molecule has 5 nitrogen and oxygen atoms in total. The molecule has 0 aliphatic rings. The Balaban J connectivity index is 3.46. The van der Waals surface area contributed by atoms with Crippen LogP contribution in [0.3, 0.4) is 0 Å². The molecule has 0 rings (SSSR count). The largest absolute Gasteiger partial charge is 0.457 e. The summed E-state index contributed by atoms with van der Waals surface area (Å²) in [5.74, 6) is -3.51. The number of hydrogen-bond acceptors (Lipinski definition) is 5. The van der Waals surface area contributed by atoms with Gasteiger partial charge in [-0.05, 0) is 0 Å². The fourth-order valence-electron chi connectivity index (χ4n) is 0.279. The summed E-state index contributed by atoms with van der Waals surface area (Å²) in [5.41, 5.74) is 0. The molecule has 0 unspecified atom stereocenters. The highest BCUT2D eigenvalue weighted by Crippen LogP contribution is 1.94. The van der Waals surface area contributed by atoms with Crippen molar-refractivity contribution >= 4 is 5.97 Å². The standard InChI is InChI=1S/C5H10O5/c1-2-4(6)10-3-5(7,8)9/h7-9H,2-3H2,1H3. The second-order valence-electron chi connectivity index (χ2n) is 1.79. The first-order valence-corrected chi connectivity index (χ1v) is 2.78. The molecular formula is C5H10O5. The Morgan fingerprint density at radius 1 is 1.50 bits per heavy atom. The number of ether oxygens (including phenoxy) is 1. The minimum atomic E-state index is -2.91. The summed E-state index contributed by atoms with van der Waals surface area (Å²) in [6.45, 7) is 0.732. The van der Waals surface area contributed by atoms with E-state index in [-0.39, 0.29) is 6.42 Å². The smallest absolute Gasteiger partial charge is 0.311 e. The summed E-state index contributed by atoms with van der Waals surface area (Å²) in [6.07, 6.45) is 0.135. The van der Waals surface area contributed by atoms with E-state index in [1.54, 1.807) is 6.92 Å². The van der Waals surface area contributed by atoms with Gasteiger partial charge in [0.25, 0.3) is 0 Å². The maximum atomic E-state index is 10.3. The highest BCUT2D eigenvalue weighted by atomic mass is 16.7. The summed E-state index contributed by atoms with van der Waals surface area (Å²) in [6, 6.07) is 0. The Bertz CT molecular complexity index is 114. The van der Waals surface area contributed by atoms with E-state index >= 15 is 0 Å². The van der Waals surface area contributed by atoms with E-state index in [4.69, 9.17) is 15.3 Å². The molecule has 0 bridgehead atoms. The minimum absolute atomic E-state index is 0.135. The Kier molecular flexibility index (Phi) is 3.27. The molecule has 0 heterocycles. The van der Waals surface area contributed by atoms with Gasteiger partial charge in [-0.2, -0.15) is 0 Å². The van der Waals surface area contributed by atoms with Crippen molar-refractivity contribution < 1.29 is 24.9 Å². The molecule has 0 atom stereocenters. The van der Waals surface area contributed by atoms with Crippen molar-refractivity contribution in [3.63, 3.8) is 0 Å². The first kappa shape index (κ1) is 9.35. The van der Waals surface area contributed by atoms with Gasteiger partial charge in [-0.25, -0.2) is 0 Å². The quantitative estimate of drug-likeness (QED) is 0.339. The maximum absolute atomic E-state index is 10.3. The molecule has 0 aromatic rings. The molecule has 0 saturated heterocycles. The lowest BCUT2D eigenvalue weighted by molar-refractivity contribution is -0.327. The van der Waals surface area contributed by atoms with E-state index in [2.05, 4.69) is 4.74 Å². The molecule has 0 fully saturated rings. The van der Waals surface area contributed by atoms with Crippen LogP contribution < -0.4 is 0 Å². The third kappa shape index (κ3) is 5.49. The SMILES string of the molecule is CCC(=O)OCC(O)(O)O. The number of rotatable bonds is 3. The van der Waals surface area contributed by atoms with E-state index in [0.29, 0.717) is 0 Å². The van der Waals surface area contributed by atoms with Gasteiger partial charge in [0.1, 0.15) is 0 Å². The third-order valence-corrected chi connectivity index (χ3v) is 0.715. The van der Waals surface area contributed by atoms with Crippen LogP contribution in [-0.4, -0.2) is 33.9 Å². The maximum Gasteiger partial charge on any atom is 0.311 e. The average Bonchev–Trinajstić information content (AvgIpc) is 1.81. The van der Waals surface area contributed by atoms with Crippen molar-refractivity contribution in [1.29, 1.82) is 0 Å². The Labute approximate surface area is 57.9 Å². The molecule has 3 N–H and O–H groups in total. The molecule has 0 aliphatic heterocycles. The second-order valence-corrected chi connectivity index (χ2v) is 1.79. The number of carbonyl (C=O) groups is 1. The average molecular weight is 150 g/mol.